The van der Waals surface area contributed by atoms with Gasteiger partial charge in [0.25, 0.3) is 0 Å². The van der Waals surface area contributed by atoms with Crippen LogP contribution >= 0.6 is 0 Å². The number of alkyl halides is 3. The molecule has 0 aliphatic heterocycles. The number of hydrogen-bond acceptors (Lipinski definition) is 3. The van der Waals surface area contributed by atoms with E-state index in [1.807, 2.05) is 6.92 Å². The predicted octanol–water partition coefficient (Wildman–Crippen LogP) is 2.13. The van der Waals surface area contributed by atoms with Crippen LogP contribution < -0.4 is 0 Å². The first-order chi connectivity index (χ1) is 7.43. The Labute approximate surface area is 93.5 Å². The standard InChI is InChI=1S/C10H19F3O3/c1-3-16-7-5-4-6-8(15-2)9(14)10(11,12)13/h8-9,14H,3-7H2,1-2H3. The van der Waals surface area contributed by atoms with E-state index in [9.17, 15) is 13.2 Å². The molecular weight excluding hydrogens is 225 g/mol. The maximum atomic E-state index is 12.2. The fourth-order valence-electron chi connectivity index (χ4n) is 1.31. The number of aliphatic hydroxyl groups is 1. The van der Waals surface area contributed by atoms with Crippen LogP contribution in [-0.4, -0.2) is 43.8 Å². The van der Waals surface area contributed by atoms with Crippen molar-refractivity contribution in [2.75, 3.05) is 20.3 Å². The van der Waals surface area contributed by atoms with Crippen LogP contribution in [0.5, 0.6) is 0 Å². The van der Waals surface area contributed by atoms with Gasteiger partial charge in [-0.1, -0.05) is 0 Å². The van der Waals surface area contributed by atoms with E-state index in [2.05, 4.69) is 4.74 Å². The van der Waals surface area contributed by atoms with Crippen molar-refractivity contribution in [2.24, 2.45) is 0 Å². The van der Waals surface area contributed by atoms with Gasteiger partial charge in [0.2, 0.25) is 0 Å². The van der Waals surface area contributed by atoms with Crippen LogP contribution in [0, 0.1) is 0 Å². The third-order valence-corrected chi connectivity index (χ3v) is 2.22. The lowest BCUT2D eigenvalue weighted by molar-refractivity contribution is -0.234. The minimum atomic E-state index is -4.62. The van der Waals surface area contributed by atoms with Crippen molar-refractivity contribution >= 4 is 0 Å². The summed E-state index contributed by atoms with van der Waals surface area (Å²) in [6.07, 6.45) is -6.86. The van der Waals surface area contributed by atoms with Crippen molar-refractivity contribution < 1.29 is 27.8 Å². The van der Waals surface area contributed by atoms with Gasteiger partial charge in [0.1, 0.15) is 0 Å². The zero-order valence-electron chi connectivity index (χ0n) is 9.59. The average Bonchev–Trinajstić information content (AvgIpc) is 2.21. The number of hydrogen-bond donors (Lipinski definition) is 1. The molecule has 3 nitrogen and oxygen atoms in total. The Morgan fingerprint density at radius 2 is 1.88 bits per heavy atom. The Bertz CT molecular complexity index is 173. The van der Waals surface area contributed by atoms with Gasteiger partial charge < -0.3 is 14.6 Å². The summed E-state index contributed by atoms with van der Waals surface area (Å²) in [6, 6.07) is 0. The molecule has 0 heterocycles. The molecule has 0 aliphatic rings. The fourth-order valence-corrected chi connectivity index (χ4v) is 1.31. The third kappa shape index (κ3) is 6.30. The molecule has 0 saturated heterocycles. The molecule has 6 heteroatoms. The van der Waals surface area contributed by atoms with E-state index in [0.29, 0.717) is 26.1 Å². The average molecular weight is 244 g/mol. The van der Waals surface area contributed by atoms with Crippen LogP contribution in [0.3, 0.4) is 0 Å². The molecule has 0 radical (unpaired) electrons. The first-order valence-corrected chi connectivity index (χ1v) is 5.28. The highest BCUT2D eigenvalue weighted by Crippen LogP contribution is 2.25. The molecule has 16 heavy (non-hydrogen) atoms. The van der Waals surface area contributed by atoms with Crippen LogP contribution in [0.2, 0.25) is 0 Å². The van der Waals surface area contributed by atoms with E-state index >= 15 is 0 Å². The number of unbranched alkanes of at least 4 members (excludes halogenated alkanes) is 1. The Balaban J connectivity index is 3.83. The third-order valence-electron chi connectivity index (χ3n) is 2.22. The quantitative estimate of drug-likeness (QED) is 0.665. The molecule has 0 rings (SSSR count). The lowest BCUT2D eigenvalue weighted by Gasteiger charge is -2.23. The summed E-state index contributed by atoms with van der Waals surface area (Å²) in [5, 5.41) is 8.97. The summed E-state index contributed by atoms with van der Waals surface area (Å²) in [5.74, 6) is 0. The Morgan fingerprint density at radius 1 is 1.25 bits per heavy atom. The minimum absolute atomic E-state index is 0.171. The summed E-state index contributed by atoms with van der Waals surface area (Å²) in [6.45, 7) is 2.97. The molecule has 0 spiro atoms. The normalized spacial score (nSPS) is 16.1. The first kappa shape index (κ1) is 15.7. The SMILES string of the molecule is CCOCCCCC(OC)C(O)C(F)(F)F. The molecule has 2 unspecified atom stereocenters. The van der Waals surface area contributed by atoms with Crippen LogP contribution in [0.15, 0.2) is 0 Å². The Kier molecular flexibility index (Phi) is 7.70. The molecule has 0 aromatic carbocycles. The van der Waals surface area contributed by atoms with Crippen molar-refractivity contribution in [1.29, 1.82) is 0 Å². The molecular formula is C10H19F3O3. The van der Waals surface area contributed by atoms with Crippen LogP contribution in [-0.2, 0) is 9.47 Å². The highest BCUT2D eigenvalue weighted by atomic mass is 19.4. The lowest BCUT2D eigenvalue weighted by Crippen LogP contribution is -2.40. The minimum Gasteiger partial charge on any atom is -0.382 e. The number of ether oxygens (including phenoxy) is 2. The van der Waals surface area contributed by atoms with Gasteiger partial charge in [-0.25, -0.2) is 0 Å². The van der Waals surface area contributed by atoms with E-state index in [1.165, 1.54) is 7.11 Å². The van der Waals surface area contributed by atoms with Crippen molar-refractivity contribution in [2.45, 2.75) is 44.6 Å². The van der Waals surface area contributed by atoms with Crippen molar-refractivity contribution in [3.8, 4) is 0 Å². The van der Waals surface area contributed by atoms with Gasteiger partial charge in [0.15, 0.2) is 6.10 Å². The molecule has 0 fully saturated rings. The molecule has 0 amide bonds. The second-order valence-corrected chi connectivity index (χ2v) is 3.45. The summed E-state index contributed by atoms with van der Waals surface area (Å²) in [7, 11) is 1.17. The maximum Gasteiger partial charge on any atom is 0.416 e. The van der Waals surface area contributed by atoms with Gasteiger partial charge in [-0.15, -0.1) is 0 Å². The van der Waals surface area contributed by atoms with Crippen LogP contribution in [0.25, 0.3) is 0 Å². The largest absolute Gasteiger partial charge is 0.416 e. The maximum absolute atomic E-state index is 12.2. The molecule has 0 aromatic heterocycles. The summed E-state index contributed by atoms with van der Waals surface area (Å²) in [4.78, 5) is 0. The molecule has 0 bridgehead atoms. The highest BCUT2D eigenvalue weighted by Gasteiger charge is 2.43. The van der Waals surface area contributed by atoms with Crippen LogP contribution in [0.1, 0.15) is 26.2 Å². The number of rotatable bonds is 8. The van der Waals surface area contributed by atoms with Gasteiger partial charge in [0.05, 0.1) is 6.10 Å². The predicted molar refractivity (Wildman–Crippen MR) is 53.2 cm³/mol. The smallest absolute Gasteiger partial charge is 0.382 e. The lowest BCUT2D eigenvalue weighted by atomic mass is 10.1. The molecule has 1 N–H and O–H groups in total. The van der Waals surface area contributed by atoms with Gasteiger partial charge in [-0.2, -0.15) is 13.2 Å². The fraction of sp³-hybridized carbons (Fsp3) is 1.00. The Hall–Kier alpha value is -0.330. The van der Waals surface area contributed by atoms with Gasteiger partial charge in [-0.05, 0) is 26.2 Å². The first-order valence-electron chi connectivity index (χ1n) is 5.28. The van der Waals surface area contributed by atoms with E-state index in [4.69, 9.17) is 9.84 Å². The van der Waals surface area contributed by atoms with Gasteiger partial charge in [0, 0.05) is 20.3 Å². The zero-order valence-corrected chi connectivity index (χ0v) is 9.59. The van der Waals surface area contributed by atoms with E-state index in [1.54, 1.807) is 0 Å². The molecule has 98 valence electrons. The second kappa shape index (κ2) is 7.86. The molecule has 2 atom stereocenters. The Morgan fingerprint density at radius 3 is 2.31 bits per heavy atom. The zero-order chi connectivity index (χ0) is 12.6. The second-order valence-electron chi connectivity index (χ2n) is 3.45. The van der Waals surface area contributed by atoms with E-state index in [0.717, 1.165) is 0 Å². The topological polar surface area (TPSA) is 38.7 Å². The number of methoxy groups -OCH3 is 1. The van der Waals surface area contributed by atoms with Crippen LogP contribution in [0.4, 0.5) is 13.2 Å². The van der Waals surface area contributed by atoms with Gasteiger partial charge in [-0.3, -0.25) is 0 Å². The monoisotopic (exact) mass is 244 g/mol. The summed E-state index contributed by atoms with van der Waals surface area (Å²) in [5.41, 5.74) is 0. The van der Waals surface area contributed by atoms with E-state index in [-0.39, 0.29) is 6.42 Å². The highest BCUT2D eigenvalue weighted by molar-refractivity contribution is 4.75. The van der Waals surface area contributed by atoms with Gasteiger partial charge >= 0.3 is 6.18 Å². The molecule has 0 saturated carbocycles. The molecule has 0 aliphatic carbocycles. The number of halogens is 3. The number of aliphatic hydroxyl groups excluding tert-OH is 1. The summed E-state index contributed by atoms with van der Waals surface area (Å²) >= 11 is 0. The van der Waals surface area contributed by atoms with E-state index < -0.39 is 18.4 Å². The van der Waals surface area contributed by atoms with Crippen molar-refractivity contribution in [1.82, 2.24) is 0 Å². The summed E-state index contributed by atoms with van der Waals surface area (Å²) < 4.78 is 46.2. The van der Waals surface area contributed by atoms with Crippen molar-refractivity contribution in [3.63, 3.8) is 0 Å². The van der Waals surface area contributed by atoms with Crippen molar-refractivity contribution in [3.05, 3.63) is 0 Å². The molecule has 0 aromatic rings.